The molecule has 1 N–H and O–H groups in total. The minimum atomic E-state index is -0.565. The smallest absolute Gasteiger partial charge is 0.265 e. The molecule has 4 heteroatoms. The highest BCUT2D eigenvalue weighted by Gasteiger charge is 2.16. The molecule has 0 aromatic heterocycles. The molecule has 3 nitrogen and oxygen atoms in total. The van der Waals surface area contributed by atoms with Gasteiger partial charge in [0.1, 0.15) is 5.75 Å². The highest BCUT2D eigenvalue weighted by molar-refractivity contribution is 9.10. The maximum Gasteiger partial charge on any atom is 0.265 e. The number of ether oxygens (including phenoxy) is 1. The Morgan fingerprint density at radius 2 is 1.67 bits per heavy atom. The molecule has 0 aliphatic carbocycles. The number of benzene rings is 2. The summed E-state index contributed by atoms with van der Waals surface area (Å²) in [7, 11) is 0. The topological polar surface area (TPSA) is 38.3 Å². The third-order valence-corrected chi connectivity index (χ3v) is 3.75. The first kappa shape index (κ1) is 15.6. The van der Waals surface area contributed by atoms with E-state index in [1.54, 1.807) is 6.92 Å². The molecular weight excluding hydrogens is 330 g/mol. The fraction of sp³-hybridized carbons (Fsp3) is 0.235. The minimum Gasteiger partial charge on any atom is -0.481 e. The van der Waals surface area contributed by atoms with Gasteiger partial charge in [-0.05, 0) is 56.2 Å². The first-order valence-corrected chi connectivity index (χ1v) is 7.56. The Morgan fingerprint density at radius 3 is 2.24 bits per heavy atom. The monoisotopic (exact) mass is 347 g/mol. The van der Waals surface area contributed by atoms with Crippen LogP contribution in [0.15, 0.2) is 46.9 Å². The van der Waals surface area contributed by atoms with Crippen molar-refractivity contribution in [1.29, 1.82) is 0 Å². The number of amides is 1. The Labute approximate surface area is 133 Å². The number of rotatable bonds is 4. The molecule has 0 aliphatic heterocycles. The first-order chi connectivity index (χ1) is 9.97. The summed E-state index contributed by atoms with van der Waals surface area (Å²) in [5, 5.41) is 2.94. The Hall–Kier alpha value is -1.81. The van der Waals surface area contributed by atoms with E-state index in [9.17, 15) is 4.79 Å². The van der Waals surface area contributed by atoms with E-state index in [2.05, 4.69) is 21.2 Å². The molecule has 0 saturated heterocycles. The number of carbonyl (C=O) groups is 1. The van der Waals surface area contributed by atoms with Crippen molar-refractivity contribution in [2.24, 2.45) is 0 Å². The fourth-order valence-corrected chi connectivity index (χ4v) is 2.27. The van der Waals surface area contributed by atoms with Crippen molar-refractivity contribution in [3.8, 4) is 5.75 Å². The van der Waals surface area contributed by atoms with Crippen LogP contribution in [0.2, 0.25) is 0 Å². The van der Waals surface area contributed by atoms with Gasteiger partial charge >= 0.3 is 0 Å². The Morgan fingerprint density at radius 1 is 1.10 bits per heavy atom. The largest absolute Gasteiger partial charge is 0.481 e. The second kappa shape index (κ2) is 6.76. The van der Waals surface area contributed by atoms with Gasteiger partial charge in [-0.25, -0.2) is 0 Å². The van der Waals surface area contributed by atoms with Crippen molar-refractivity contribution < 1.29 is 9.53 Å². The SMILES string of the molecule is Cc1cccc(C)c1NC(=O)C(C)Oc1ccc(Br)cc1. The molecule has 2 aromatic rings. The van der Waals surface area contributed by atoms with Gasteiger partial charge in [-0.2, -0.15) is 0 Å². The molecule has 1 amide bonds. The lowest BCUT2D eigenvalue weighted by atomic mass is 10.1. The number of para-hydroxylation sites is 1. The van der Waals surface area contributed by atoms with E-state index in [1.165, 1.54) is 0 Å². The average molecular weight is 348 g/mol. The number of anilines is 1. The zero-order valence-corrected chi connectivity index (χ0v) is 13.9. The van der Waals surface area contributed by atoms with E-state index in [4.69, 9.17) is 4.74 Å². The summed E-state index contributed by atoms with van der Waals surface area (Å²) in [6, 6.07) is 13.3. The number of aryl methyl sites for hydroxylation is 2. The van der Waals surface area contributed by atoms with Crippen LogP contribution in [0.3, 0.4) is 0 Å². The van der Waals surface area contributed by atoms with Crippen LogP contribution in [0, 0.1) is 13.8 Å². The second-order valence-corrected chi connectivity index (χ2v) is 5.89. The van der Waals surface area contributed by atoms with Gasteiger partial charge in [0.15, 0.2) is 6.10 Å². The normalized spacial score (nSPS) is 11.8. The number of nitrogens with one attached hydrogen (secondary N) is 1. The van der Waals surface area contributed by atoms with Gasteiger partial charge in [-0.15, -0.1) is 0 Å². The quantitative estimate of drug-likeness (QED) is 0.885. The van der Waals surface area contributed by atoms with Crippen LogP contribution in [0.1, 0.15) is 18.1 Å². The minimum absolute atomic E-state index is 0.157. The predicted octanol–water partition coefficient (Wildman–Crippen LogP) is 4.47. The molecule has 0 saturated carbocycles. The van der Waals surface area contributed by atoms with Crippen LogP contribution in [0.4, 0.5) is 5.69 Å². The maximum atomic E-state index is 12.2. The van der Waals surface area contributed by atoms with Gasteiger partial charge in [0.2, 0.25) is 0 Å². The van der Waals surface area contributed by atoms with Crippen molar-refractivity contribution in [2.45, 2.75) is 26.9 Å². The summed E-state index contributed by atoms with van der Waals surface area (Å²) >= 11 is 3.37. The zero-order valence-electron chi connectivity index (χ0n) is 12.3. The van der Waals surface area contributed by atoms with E-state index in [0.717, 1.165) is 21.3 Å². The third-order valence-electron chi connectivity index (χ3n) is 3.23. The van der Waals surface area contributed by atoms with Gasteiger partial charge in [0.05, 0.1) is 0 Å². The van der Waals surface area contributed by atoms with Crippen molar-refractivity contribution in [3.63, 3.8) is 0 Å². The number of hydrogen-bond acceptors (Lipinski definition) is 2. The van der Waals surface area contributed by atoms with E-state index in [0.29, 0.717) is 5.75 Å². The van der Waals surface area contributed by atoms with Gasteiger partial charge in [-0.1, -0.05) is 34.1 Å². The zero-order chi connectivity index (χ0) is 15.4. The first-order valence-electron chi connectivity index (χ1n) is 6.76. The summed E-state index contributed by atoms with van der Waals surface area (Å²) < 4.78 is 6.62. The maximum absolute atomic E-state index is 12.2. The molecule has 0 bridgehead atoms. The van der Waals surface area contributed by atoms with Crippen molar-refractivity contribution in [3.05, 3.63) is 58.1 Å². The van der Waals surface area contributed by atoms with Gasteiger partial charge < -0.3 is 10.1 Å². The fourth-order valence-electron chi connectivity index (χ4n) is 2.01. The average Bonchev–Trinajstić information content (AvgIpc) is 2.45. The molecule has 0 heterocycles. The molecule has 2 aromatic carbocycles. The Bertz CT molecular complexity index is 617. The molecule has 21 heavy (non-hydrogen) atoms. The molecule has 1 unspecified atom stereocenters. The Balaban J connectivity index is 2.04. The lowest BCUT2D eigenvalue weighted by Gasteiger charge is -2.17. The second-order valence-electron chi connectivity index (χ2n) is 4.97. The predicted molar refractivity (Wildman–Crippen MR) is 88.8 cm³/mol. The van der Waals surface area contributed by atoms with Crippen molar-refractivity contribution >= 4 is 27.5 Å². The van der Waals surface area contributed by atoms with Crippen LogP contribution in [0.25, 0.3) is 0 Å². The molecule has 110 valence electrons. The van der Waals surface area contributed by atoms with Gasteiger partial charge in [0, 0.05) is 10.2 Å². The van der Waals surface area contributed by atoms with Crippen molar-refractivity contribution in [2.75, 3.05) is 5.32 Å². The number of carbonyl (C=O) groups excluding carboxylic acids is 1. The van der Waals surface area contributed by atoms with Crippen LogP contribution < -0.4 is 10.1 Å². The molecule has 0 spiro atoms. The van der Waals surface area contributed by atoms with Gasteiger partial charge in [0.25, 0.3) is 5.91 Å². The van der Waals surface area contributed by atoms with Crippen LogP contribution in [-0.4, -0.2) is 12.0 Å². The lowest BCUT2D eigenvalue weighted by Crippen LogP contribution is -2.30. The van der Waals surface area contributed by atoms with E-state index >= 15 is 0 Å². The Kier molecular flexibility index (Phi) is 5.02. The summed E-state index contributed by atoms with van der Waals surface area (Å²) in [5.74, 6) is 0.512. The van der Waals surface area contributed by atoms with Crippen LogP contribution >= 0.6 is 15.9 Å². The van der Waals surface area contributed by atoms with E-state index in [1.807, 2.05) is 56.3 Å². The summed E-state index contributed by atoms with van der Waals surface area (Å²) in [6.07, 6.45) is -0.565. The van der Waals surface area contributed by atoms with Crippen molar-refractivity contribution in [1.82, 2.24) is 0 Å². The summed E-state index contributed by atoms with van der Waals surface area (Å²) in [6.45, 7) is 5.69. The van der Waals surface area contributed by atoms with E-state index < -0.39 is 6.10 Å². The summed E-state index contributed by atoms with van der Waals surface area (Å²) in [4.78, 5) is 12.2. The standard InChI is InChI=1S/C17H18BrNO2/c1-11-5-4-6-12(2)16(11)19-17(20)13(3)21-15-9-7-14(18)8-10-15/h4-10,13H,1-3H3,(H,19,20). The molecular formula is C17H18BrNO2. The highest BCUT2D eigenvalue weighted by Crippen LogP contribution is 2.21. The molecule has 2 rings (SSSR count). The highest BCUT2D eigenvalue weighted by atomic mass is 79.9. The molecule has 0 radical (unpaired) electrons. The van der Waals surface area contributed by atoms with Crippen LogP contribution in [0.5, 0.6) is 5.75 Å². The van der Waals surface area contributed by atoms with Gasteiger partial charge in [-0.3, -0.25) is 4.79 Å². The summed E-state index contributed by atoms with van der Waals surface area (Å²) in [5.41, 5.74) is 2.94. The third kappa shape index (κ3) is 4.08. The number of halogens is 1. The lowest BCUT2D eigenvalue weighted by molar-refractivity contribution is -0.122. The molecule has 0 fully saturated rings. The molecule has 0 aliphatic rings. The number of hydrogen-bond donors (Lipinski definition) is 1. The van der Waals surface area contributed by atoms with Crippen LogP contribution in [-0.2, 0) is 4.79 Å². The molecule has 1 atom stereocenters. The van der Waals surface area contributed by atoms with E-state index in [-0.39, 0.29) is 5.91 Å².